The Kier molecular flexibility index (Phi) is 4.79. The third-order valence-corrected chi connectivity index (χ3v) is 4.06. The first-order valence-electron chi connectivity index (χ1n) is 8.07. The van der Waals surface area contributed by atoms with Gasteiger partial charge in [0.1, 0.15) is 0 Å². The van der Waals surface area contributed by atoms with Gasteiger partial charge < -0.3 is 15.5 Å². The van der Waals surface area contributed by atoms with Crippen LogP contribution in [0.1, 0.15) is 23.7 Å². The van der Waals surface area contributed by atoms with E-state index in [1.807, 2.05) is 30.3 Å². The van der Waals surface area contributed by atoms with E-state index in [9.17, 15) is 14.4 Å². The van der Waals surface area contributed by atoms with Gasteiger partial charge in [0, 0.05) is 29.9 Å². The normalized spacial score (nSPS) is 16.6. The monoisotopic (exact) mass is 337 g/mol. The average molecular weight is 337 g/mol. The van der Waals surface area contributed by atoms with Crippen LogP contribution in [0.2, 0.25) is 0 Å². The van der Waals surface area contributed by atoms with Crippen molar-refractivity contribution in [1.82, 2.24) is 5.32 Å². The third-order valence-electron chi connectivity index (χ3n) is 4.06. The fourth-order valence-corrected chi connectivity index (χ4v) is 2.83. The summed E-state index contributed by atoms with van der Waals surface area (Å²) in [6, 6.07) is 15.5. The molecule has 1 atom stereocenters. The molecule has 6 nitrogen and oxygen atoms in total. The van der Waals surface area contributed by atoms with E-state index >= 15 is 0 Å². The molecule has 2 N–H and O–H groups in total. The Labute approximate surface area is 145 Å². The Balaban J connectivity index is 1.60. The SMILES string of the molecule is CC(=O)c1cccc(NC(=O)N[C@H]2CC(=O)N(c3ccccc3)C2)c1. The summed E-state index contributed by atoms with van der Waals surface area (Å²) in [6.07, 6.45) is 0.260. The lowest BCUT2D eigenvalue weighted by atomic mass is 10.1. The summed E-state index contributed by atoms with van der Waals surface area (Å²) in [6.45, 7) is 1.91. The maximum atomic E-state index is 12.2. The molecular weight excluding hydrogens is 318 g/mol. The molecule has 0 aromatic heterocycles. The molecule has 25 heavy (non-hydrogen) atoms. The van der Waals surface area contributed by atoms with Gasteiger partial charge in [-0.3, -0.25) is 9.59 Å². The van der Waals surface area contributed by atoms with Crippen LogP contribution in [0.15, 0.2) is 54.6 Å². The van der Waals surface area contributed by atoms with Crippen LogP contribution in [-0.2, 0) is 4.79 Å². The number of rotatable bonds is 4. The van der Waals surface area contributed by atoms with E-state index in [1.54, 1.807) is 29.2 Å². The van der Waals surface area contributed by atoms with Crippen LogP contribution in [0.3, 0.4) is 0 Å². The summed E-state index contributed by atoms with van der Waals surface area (Å²) >= 11 is 0. The van der Waals surface area contributed by atoms with Crippen molar-refractivity contribution in [3.63, 3.8) is 0 Å². The highest BCUT2D eigenvalue weighted by atomic mass is 16.2. The number of anilines is 2. The molecule has 0 bridgehead atoms. The minimum atomic E-state index is -0.395. The van der Waals surface area contributed by atoms with E-state index in [0.717, 1.165) is 5.69 Å². The Morgan fingerprint density at radius 3 is 2.56 bits per heavy atom. The molecular formula is C19H19N3O3. The second kappa shape index (κ2) is 7.17. The van der Waals surface area contributed by atoms with Gasteiger partial charge in [-0.2, -0.15) is 0 Å². The number of carbonyl (C=O) groups is 3. The van der Waals surface area contributed by atoms with Crippen molar-refractivity contribution in [1.29, 1.82) is 0 Å². The molecule has 2 aromatic carbocycles. The Bertz CT molecular complexity index is 805. The Morgan fingerprint density at radius 1 is 1.08 bits per heavy atom. The number of para-hydroxylation sites is 1. The summed E-state index contributed by atoms with van der Waals surface area (Å²) in [5.74, 6) is -0.0842. The molecule has 3 rings (SSSR count). The number of hydrogen-bond acceptors (Lipinski definition) is 3. The summed E-state index contributed by atoms with van der Waals surface area (Å²) < 4.78 is 0. The van der Waals surface area contributed by atoms with Crippen LogP contribution < -0.4 is 15.5 Å². The van der Waals surface area contributed by atoms with E-state index in [4.69, 9.17) is 0 Å². The smallest absolute Gasteiger partial charge is 0.319 e. The molecule has 6 heteroatoms. The number of Topliss-reactive ketones (excluding diaryl/α,β-unsaturated/α-hetero) is 1. The van der Waals surface area contributed by atoms with Crippen LogP contribution in [0.4, 0.5) is 16.2 Å². The zero-order valence-electron chi connectivity index (χ0n) is 13.9. The number of hydrogen-bond donors (Lipinski definition) is 2. The number of ketones is 1. The summed E-state index contributed by atoms with van der Waals surface area (Å²) in [4.78, 5) is 37.4. The predicted octanol–water partition coefficient (Wildman–Crippen LogP) is 2.82. The lowest BCUT2D eigenvalue weighted by Crippen LogP contribution is -2.39. The lowest BCUT2D eigenvalue weighted by molar-refractivity contribution is -0.117. The molecule has 1 aliphatic heterocycles. The van der Waals surface area contributed by atoms with Gasteiger partial charge in [0.25, 0.3) is 0 Å². The van der Waals surface area contributed by atoms with Crippen molar-refractivity contribution < 1.29 is 14.4 Å². The van der Waals surface area contributed by atoms with E-state index in [-0.39, 0.29) is 24.2 Å². The highest BCUT2D eigenvalue weighted by Gasteiger charge is 2.31. The third kappa shape index (κ3) is 4.03. The van der Waals surface area contributed by atoms with Crippen molar-refractivity contribution >= 4 is 29.1 Å². The molecule has 1 aliphatic rings. The first kappa shape index (κ1) is 16.7. The second-order valence-electron chi connectivity index (χ2n) is 5.98. The molecule has 0 unspecified atom stereocenters. The number of urea groups is 1. The Morgan fingerprint density at radius 2 is 1.84 bits per heavy atom. The number of carbonyl (C=O) groups excluding carboxylic acids is 3. The van der Waals surface area contributed by atoms with Gasteiger partial charge in [0.2, 0.25) is 5.91 Å². The van der Waals surface area contributed by atoms with Gasteiger partial charge in [-0.1, -0.05) is 30.3 Å². The Hall–Kier alpha value is -3.15. The molecule has 1 heterocycles. The molecule has 1 saturated heterocycles. The van der Waals surface area contributed by atoms with Gasteiger partial charge in [-0.25, -0.2) is 4.79 Å². The van der Waals surface area contributed by atoms with Crippen LogP contribution in [-0.4, -0.2) is 30.3 Å². The topological polar surface area (TPSA) is 78.5 Å². The standard InChI is InChI=1S/C19H19N3O3/c1-13(23)14-6-5-7-15(10-14)20-19(25)21-16-11-18(24)22(12-16)17-8-3-2-4-9-17/h2-10,16H,11-12H2,1H3,(H2,20,21,25)/t16-/m0/s1. The summed E-state index contributed by atoms with van der Waals surface area (Å²) in [5, 5.41) is 5.51. The molecule has 2 aromatic rings. The van der Waals surface area contributed by atoms with Gasteiger partial charge in [-0.15, -0.1) is 0 Å². The molecule has 3 amide bonds. The minimum Gasteiger partial charge on any atom is -0.333 e. The van der Waals surface area contributed by atoms with Crippen molar-refractivity contribution in [2.45, 2.75) is 19.4 Å². The maximum Gasteiger partial charge on any atom is 0.319 e. The van der Waals surface area contributed by atoms with E-state index in [1.165, 1.54) is 6.92 Å². The quantitative estimate of drug-likeness (QED) is 0.842. The molecule has 0 saturated carbocycles. The zero-order valence-corrected chi connectivity index (χ0v) is 13.9. The molecule has 0 radical (unpaired) electrons. The van der Waals surface area contributed by atoms with Crippen LogP contribution >= 0.6 is 0 Å². The summed E-state index contributed by atoms with van der Waals surface area (Å²) in [5.41, 5.74) is 1.89. The zero-order chi connectivity index (χ0) is 17.8. The second-order valence-corrected chi connectivity index (χ2v) is 5.98. The largest absolute Gasteiger partial charge is 0.333 e. The predicted molar refractivity (Wildman–Crippen MR) is 95.8 cm³/mol. The minimum absolute atomic E-state index is 0.0184. The van der Waals surface area contributed by atoms with Crippen molar-refractivity contribution in [2.75, 3.05) is 16.8 Å². The van der Waals surface area contributed by atoms with Crippen molar-refractivity contribution in [3.8, 4) is 0 Å². The highest BCUT2D eigenvalue weighted by Crippen LogP contribution is 2.21. The maximum absolute atomic E-state index is 12.2. The fourth-order valence-electron chi connectivity index (χ4n) is 2.83. The van der Waals surface area contributed by atoms with E-state index in [0.29, 0.717) is 17.8 Å². The molecule has 0 aliphatic carbocycles. The van der Waals surface area contributed by atoms with Crippen molar-refractivity contribution in [3.05, 3.63) is 60.2 Å². The van der Waals surface area contributed by atoms with E-state index in [2.05, 4.69) is 10.6 Å². The fraction of sp³-hybridized carbons (Fsp3) is 0.211. The number of benzene rings is 2. The lowest BCUT2D eigenvalue weighted by Gasteiger charge is -2.17. The van der Waals surface area contributed by atoms with Gasteiger partial charge in [0.15, 0.2) is 5.78 Å². The van der Waals surface area contributed by atoms with E-state index < -0.39 is 6.03 Å². The molecule has 0 spiro atoms. The first-order valence-corrected chi connectivity index (χ1v) is 8.07. The van der Waals surface area contributed by atoms with Crippen molar-refractivity contribution in [2.24, 2.45) is 0 Å². The van der Waals surface area contributed by atoms with Gasteiger partial charge in [-0.05, 0) is 31.2 Å². The van der Waals surface area contributed by atoms with Crippen LogP contribution in [0, 0.1) is 0 Å². The average Bonchev–Trinajstić information content (AvgIpc) is 2.96. The number of nitrogens with one attached hydrogen (secondary N) is 2. The van der Waals surface area contributed by atoms with Crippen LogP contribution in [0.25, 0.3) is 0 Å². The van der Waals surface area contributed by atoms with Gasteiger partial charge in [0.05, 0.1) is 6.04 Å². The van der Waals surface area contributed by atoms with Gasteiger partial charge >= 0.3 is 6.03 Å². The molecule has 128 valence electrons. The molecule has 1 fully saturated rings. The first-order chi connectivity index (χ1) is 12.0. The van der Waals surface area contributed by atoms with Crippen LogP contribution in [0.5, 0.6) is 0 Å². The highest BCUT2D eigenvalue weighted by molar-refractivity contribution is 5.98. The summed E-state index contributed by atoms with van der Waals surface area (Å²) in [7, 11) is 0. The number of nitrogens with zero attached hydrogens (tertiary/aromatic N) is 1. The number of amides is 3.